The first-order chi connectivity index (χ1) is 15.7. The number of benzene rings is 2. The van der Waals surface area contributed by atoms with E-state index in [1.165, 1.54) is 45.0 Å². The Labute approximate surface area is 199 Å². The molecule has 0 atom stereocenters. The van der Waals surface area contributed by atoms with Gasteiger partial charge in [-0.3, -0.25) is 0 Å². The quantitative estimate of drug-likeness (QED) is 0.599. The Morgan fingerprint density at radius 2 is 1.52 bits per heavy atom. The number of anilines is 1. The Morgan fingerprint density at radius 3 is 2.12 bits per heavy atom. The molecule has 4 N–H and O–H groups in total. The highest BCUT2D eigenvalue weighted by Crippen LogP contribution is 2.48. The fraction of sp³-hybridized carbons (Fsp3) is 0.414. The van der Waals surface area contributed by atoms with E-state index in [9.17, 15) is 0 Å². The zero-order valence-electron chi connectivity index (χ0n) is 21.1. The first-order valence-corrected chi connectivity index (χ1v) is 12.2. The molecule has 0 bridgehead atoms. The Balaban J connectivity index is 1.74. The summed E-state index contributed by atoms with van der Waals surface area (Å²) in [6.45, 7) is 16.7. The highest BCUT2D eigenvalue weighted by Gasteiger charge is 2.44. The lowest BCUT2D eigenvalue weighted by molar-refractivity contribution is -0.433. The van der Waals surface area contributed by atoms with Gasteiger partial charge in [0.2, 0.25) is 5.69 Å². The number of rotatable bonds is 6. The van der Waals surface area contributed by atoms with Crippen LogP contribution in [0.1, 0.15) is 63.8 Å². The van der Waals surface area contributed by atoms with E-state index < -0.39 is 0 Å². The summed E-state index contributed by atoms with van der Waals surface area (Å²) in [5.74, 6) is 0. The van der Waals surface area contributed by atoms with E-state index in [-0.39, 0.29) is 10.8 Å². The van der Waals surface area contributed by atoms with Gasteiger partial charge in [-0.15, -0.1) is 0 Å². The van der Waals surface area contributed by atoms with Crippen molar-refractivity contribution in [3.8, 4) is 0 Å². The largest absolute Gasteiger partial charge is 0.344 e. The van der Waals surface area contributed by atoms with Crippen molar-refractivity contribution < 1.29 is 4.58 Å². The molecule has 2 aliphatic rings. The number of allylic oxidation sites excluding steroid dienone is 4. The van der Waals surface area contributed by atoms with Gasteiger partial charge < -0.3 is 16.4 Å². The minimum atomic E-state index is -0.0693. The van der Waals surface area contributed by atoms with Crippen molar-refractivity contribution in [2.75, 3.05) is 18.0 Å². The van der Waals surface area contributed by atoms with E-state index in [0.29, 0.717) is 13.1 Å². The van der Waals surface area contributed by atoms with E-state index in [4.69, 9.17) is 11.5 Å². The van der Waals surface area contributed by atoms with Crippen LogP contribution in [0.25, 0.3) is 0 Å². The predicted molar refractivity (Wildman–Crippen MR) is 140 cm³/mol. The molecule has 0 saturated heterocycles. The van der Waals surface area contributed by atoms with Gasteiger partial charge in [0.25, 0.3) is 0 Å². The molecule has 0 radical (unpaired) electrons. The fourth-order valence-electron chi connectivity index (χ4n) is 5.61. The van der Waals surface area contributed by atoms with E-state index in [0.717, 1.165) is 13.1 Å². The summed E-state index contributed by atoms with van der Waals surface area (Å²) in [4.78, 5) is 2.43. The Kier molecular flexibility index (Phi) is 6.10. The van der Waals surface area contributed by atoms with Gasteiger partial charge in [0.05, 0.1) is 5.41 Å². The van der Waals surface area contributed by atoms with E-state index in [1.807, 2.05) is 0 Å². The Morgan fingerprint density at radius 1 is 0.879 bits per heavy atom. The van der Waals surface area contributed by atoms with Gasteiger partial charge in [-0.2, -0.15) is 4.58 Å². The van der Waals surface area contributed by atoms with Crippen LogP contribution in [0, 0.1) is 0 Å². The summed E-state index contributed by atoms with van der Waals surface area (Å²) in [6, 6.07) is 13.3. The molecule has 2 aliphatic heterocycles. The molecule has 4 nitrogen and oxygen atoms in total. The molecule has 33 heavy (non-hydrogen) atoms. The molecule has 0 amide bonds. The Hall–Kier alpha value is -2.69. The van der Waals surface area contributed by atoms with Crippen molar-refractivity contribution in [3.05, 3.63) is 82.6 Å². The number of likely N-dealkylation sites (N-methyl/N-ethyl adjacent to an activating group) is 1. The molecule has 0 saturated carbocycles. The second-order valence-electron chi connectivity index (χ2n) is 10.1. The maximum atomic E-state index is 5.94. The predicted octanol–water partition coefficient (Wildman–Crippen LogP) is 5.26. The second kappa shape index (κ2) is 8.58. The molecule has 2 heterocycles. The maximum Gasteiger partial charge on any atom is 0.209 e. The van der Waals surface area contributed by atoms with Crippen LogP contribution in [-0.2, 0) is 23.9 Å². The summed E-state index contributed by atoms with van der Waals surface area (Å²) >= 11 is 0. The van der Waals surface area contributed by atoms with Gasteiger partial charge in [0.1, 0.15) is 6.54 Å². The molecular formula is C29H39N4+. The van der Waals surface area contributed by atoms with Gasteiger partial charge >= 0.3 is 0 Å². The number of hydrogen-bond acceptors (Lipinski definition) is 3. The summed E-state index contributed by atoms with van der Waals surface area (Å²) in [7, 11) is 0. The van der Waals surface area contributed by atoms with Crippen molar-refractivity contribution in [2.45, 2.75) is 65.5 Å². The summed E-state index contributed by atoms with van der Waals surface area (Å²) in [6.07, 6.45) is 6.85. The average Bonchev–Trinajstić information content (AvgIpc) is 3.16. The monoisotopic (exact) mass is 443 g/mol. The molecule has 4 rings (SSSR count). The number of nitrogens with zero attached hydrogens (tertiary/aromatic N) is 2. The topological polar surface area (TPSA) is 58.3 Å². The molecule has 0 unspecified atom stereocenters. The zero-order valence-corrected chi connectivity index (χ0v) is 21.1. The highest BCUT2D eigenvalue weighted by molar-refractivity contribution is 6.03. The van der Waals surface area contributed by atoms with Crippen LogP contribution in [0.3, 0.4) is 0 Å². The van der Waals surface area contributed by atoms with Gasteiger partial charge in [-0.05, 0) is 62.6 Å². The van der Waals surface area contributed by atoms with Crippen LogP contribution < -0.4 is 16.4 Å². The Bertz CT molecular complexity index is 1160. The minimum Gasteiger partial charge on any atom is -0.344 e. The van der Waals surface area contributed by atoms with Crippen molar-refractivity contribution >= 4 is 17.1 Å². The second-order valence-corrected chi connectivity index (χ2v) is 10.1. The third-order valence-electron chi connectivity index (χ3n) is 7.52. The minimum absolute atomic E-state index is 0.0693. The van der Waals surface area contributed by atoms with Gasteiger partial charge in [0.15, 0.2) is 5.71 Å². The first-order valence-electron chi connectivity index (χ1n) is 12.2. The molecule has 174 valence electrons. The highest BCUT2D eigenvalue weighted by atomic mass is 15.2. The van der Waals surface area contributed by atoms with Crippen LogP contribution >= 0.6 is 0 Å². The van der Waals surface area contributed by atoms with Crippen LogP contribution in [0.5, 0.6) is 0 Å². The van der Waals surface area contributed by atoms with E-state index in [1.54, 1.807) is 0 Å². The van der Waals surface area contributed by atoms with E-state index >= 15 is 0 Å². The van der Waals surface area contributed by atoms with Crippen LogP contribution in [0.15, 0.2) is 60.3 Å². The molecule has 0 aromatic heterocycles. The third kappa shape index (κ3) is 3.66. The third-order valence-corrected chi connectivity index (χ3v) is 7.52. The number of fused-ring (bicyclic) bond motifs is 2. The van der Waals surface area contributed by atoms with Crippen LogP contribution in [0.4, 0.5) is 11.4 Å². The number of nitrogens with two attached hydrogens (primary N) is 2. The normalized spacial score (nSPS) is 19.6. The fourth-order valence-corrected chi connectivity index (χ4v) is 5.61. The summed E-state index contributed by atoms with van der Waals surface area (Å²) in [5.41, 5.74) is 22.1. The van der Waals surface area contributed by atoms with Crippen molar-refractivity contribution in [1.29, 1.82) is 0 Å². The zero-order chi connectivity index (χ0) is 24.0. The average molecular weight is 444 g/mol. The summed E-state index contributed by atoms with van der Waals surface area (Å²) < 4.78 is 2.43. The lowest BCUT2D eigenvalue weighted by Crippen LogP contribution is -2.28. The lowest BCUT2D eigenvalue weighted by atomic mass is 9.80. The van der Waals surface area contributed by atoms with Gasteiger partial charge in [-0.1, -0.05) is 38.1 Å². The van der Waals surface area contributed by atoms with Crippen molar-refractivity contribution in [3.63, 3.8) is 0 Å². The molecule has 2 aromatic carbocycles. The lowest BCUT2D eigenvalue weighted by Gasteiger charge is -2.25. The first kappa shape index (κ1) is 23.5. The molecule has 4 heteroatoms. The molecule has 0 aliphatic carbocycles. The molecule has 0 fully saturated rings. The van der Waals surface area contributed by atoms with Gasteiger partial charge in [-0.25, -0.2) is 0 Å². The van der Waals surface area contributed by atoms with Crippen LogP contribution in [-0.4, -0.2) is 23.4 Å². The summed E-state index contributed by atoms with van der Waals surface area (Å²) in [5, 5.41) is 0. The molecule has 2 aromatic rings. The maximum absolute atomic E-state index is 5.94. The smallest absolute Gasteiger partial charge is 0.209 e. The van der Waals surface area contributed by atoms with Crippen molar-refractivity contribution in [1.82, 2.24) is 0 Å². The van der Waals surface area contributed by atoms with E-state index in [2.05, 4.69) is 106 Å². The SMILES string of the molecule is CCN1/C(=C\C=C\C2=[N+](CC)c3ccc(CN)cc3C2(C)C)C(C)(C)c2cc(CN)ccc21. The number of hydrogen-bond donors (Lipinski definition) is 2. The molecule has 0 spiro atoms. The van der Waals surface area contributed by atoms with Crippen LogP contribution in [0.2, 0.25) is 0 Å². The standard InChI is InChI=1S/C29H39N4/c1-7-32-24-14-12-20(18-30)16-22(24)28(3,4)26(32)10-9-11-27-29(5,6)23-17-21(19-31)13-15-25(23)33(27)8-2/h9-17H,7-8,18-19,30-31H2,1-6H3/q+1. The van der Waals surface area contributed by atoms with Crippen molar-refractivity contribution in [2.24, 2.45) is 11.5 Å². The molecular weight excluding hydrogens is 404 g/mol. The van der Waals surface area contributed by atoms with Gasteiger partial charge in [0, 0.05) is 54.1 Å².